The molecule has 238 valence electrons. The molecule has 2 aliphatic rings. The van der Waals surface area contributed by atoms with E-state index in [1.165, 1.54) is 10.1 Å². The van der Waals surface area contributed by atoms with Crippen LogP contribution < -0.4 is 20.7 Å². The smallest absolute Gasteiger partial charge is 0.239 e. The van der Waals surface area contributed by atoms with Gasteiger partial charge in [-0.25, -0.2) is 8.42 Å². The number of carbonyl (C=O) groups excluding carboxylic acids is 1. The van der Waals surface area contributed by atoms with Crippen molar-refractivity contribution < 1.29 is 17.9 Å². The van der Waals surface area contributed by atoms with Gasteiger partial charge in [0.15, 0.2) is 15.5 Å². The van der Waals surface area contributed by atoms with Crippen LogP contribution in [0.15, 0.2) is 53.6 Å². The number of rotatable bonds is 9. The van der Waals surface area contributed by atoms with Gasteiger partial charge in [-0.05, 0) is 94.3 Å². The SMILES string of the molecule is COc1cc(C2CCN(C(=O)C3CCCN3)CC2)c(C)cc1Nc1nc(Nc2ccccc2S(=O)(=O)C(C)C)n2nccc2n1. The van der Waals surface area contributed by atoms with Crippen LogP contribution in [-0.4, -0.2) is 76.8 Å². The second-order valence-electron chi connectivity index (χ2n) is 12.0. The summed E-state index contributed by atoms with van der Waals surface area (Å²) < 4.78 is 33.5. The number of aromatic nitrogens is 4. The van der Waals surface area contributed by atoms with Gasteiger partial charge >= 0.3 is 0 Å². The Morgan fingerprint density at radius 3 is 2.53 bits per heavy atom. The number of nitrogens with zero attached hydrogens (tertiary/aromatic N) is 5. The second kappa shape index (κ2) is 12.6. The average molecular weight is 633 g/mol. The van der Waals surface area contributed by atoms with Crippen molar-refractivity contribution in [3.63, 3.8) is 0 Å². The maximum absolute atomic E-state index is 13.1. The van der Waals surface area contributed by atoms with Crippen molar-refractivity contribution in [1.82, 2.24) is 29.8 Å². The van der Waals surface area contributed by atoms with Gasteiger partial charge in [0, 0.05) is 19.2 Å². The van der Waals surface area contributed by atoms with Gasteiger partial charge in [0.2, 0.25) is 17.8 Å². The molecule has 4 aromatic rings. The van der Waals surface area contributed by atoms with Crippen LogP contribution in [0.4, 0.5) is 23.3 Å². The highest BCUT2D eigenvalue weighted by molar-refractivity contribution is 7.92. The van der Waals surface area contributed by atoms with E-state index in [4.69, 9.17) is 4.74 Å². The Bertz CT molecular complexity index is 1810. The number of hydrogen-bond acceptors (Lipinski definition) is 10. The number of amides is 1. The molecular weight excluding hydrogens is 592 g/mol. The summed E-state index contributed by atoms with van der Waals surface area (Å²) in [7, 11) is -1.92. The van der Waals surface area contributed by atoms with E-state index in [9.17, 15) is 13.2 Å². The second-order valence-corrected chi connectivity index (χ2v) is 14.4. The first-order chi connectivity index (χ1) is 21.7. The molecule has 2 aromatic heterocycles. The fraction of sp³-hybridized carbons (Fsp3) is 0.438. The summed E-state index contributed by atoms with van der Waals surface area (Å²) in [4.78, 5) is 24.4. The van der Waals surface area contributed by atoms with Crippen LogP contribution >= 0.6 is 0 Å². The van der Waals surface area contributed by atoms with Gasteiger partial charge in [-0.15, -0.1) is 0 Å². The molecule has 1 atom stereocenters. The summed E-state index contributed by atoms with van der Waals surface area (Å²) >= 11 is 0. The highest BCUT2D eigenvalue weighted by Crippen LogP contribution is 2.38. The van der Waals surface area contributed by atoms with Gasteiger partial charge in [-0.3, -0.25) is 4.79 Å². The fourth-order valence-corrected chi connectivity index (χ4v) is 7.41. The summed E-state index contributed by atoms with van der Waals surface area (Å²) in [5.41, 5.74) is 3.95. The Balaban J connectivity index is 1.24. The van der Waals surface area contributed by atoms with Gasteiger partial charge in [0.05, 0.1) is 40.9 Å². The number of ether oxygens (including phenoxy) is 1. The zero-order chi connectivity index (χ0) is 31.7. The van der Waals surface area contributed by atoms with Crippen LogP contribution in [0.3, 0.4) is 0 Å². The molecular formula is C32H40N8O4S. The third-order valence-electron chi connectivity index (χ3n) is 8.76. The van der Waals surface area contributed by atoms with Crippen molar-refractivity contribution in [2.24, 2.45) is 0 Å². The predicted molar refractivity (Wildman–Crippen MR) is 173 cm³/mol. The van der Waals surface area contributed by atoms with Crippen LogP contribution in [0, 0.1) is 6.92 Å². The average Bonchev–Trinajstić information content (AvgIpc) is 3.74. The molecule has 3 N–H and O–H groups in total. The molecule has 2 saturated heterocycles. The molecule has 1 unspecified atom stereocenters. The van der Waals surface area contributed by atoms with Crippen LogP contribution in [0.1, 0.15) is 56.6 Å². The molecule has 4 heterocycles. The van der Waals surface area contributed by atoms with Crippen LogP contribution in [0.5, 0.6) is 5.75 Å². The molecule has 6 rings (SSSR count). The largest absolute Gasteiger partial charge is 0.495 e. The van der Waals surface area contributed by atoms with Crippen LogP contribution in [-0.2, 0) is 14.6 Å². The van der Waals surface area contributed by atoms with Gasteiger partial charge < -0.3 is 25.6 Å². The lowest BCUT2D eigenvalue weighted by Gasteiger charge is -2.34. The Labute approximate surface area is 263 Å². The van der Waals surface area contributed by atoms with E-state index < -0.39 is 15.1 Å². The third-order valence-corrected chi connectivity index (χ3v) is 11.0. The number of aryl methyl sites for hydroxylation is 1. The lowest BCUT2D eigenvalue weighted by atomic mass is 9.86. The van der Waals surface area contributed by atoms with E-state index in [0.717, 1.165) is 50.9 Å². The van der Waals surface area contributed by atoms with Gasteiger partial charge in [-0.1, -0.05) is 12.1 Å². The maximum atomic E-state index is 13.1. The molecule has 12 nitrogen and oxygen atoms in total. The zero-order valence-electron chi connectivity index (χ0n) is 26.1. The predicted octanol–water partition coefficient (Wildman–Crippen LogP) is 4.57. The van der Waals surface area contributed by atoms with E-state index in [1.807, 2.05) is 11.0 Å². The minimum atomic E-state index is -3.55. The molecule has 1 amide bonds. The van der Waals surface area contributed by atoms with Crippen molar-refractivity contribution in [3.8, 4) is 5.75 Å². The highest BCUT2D eigenvalue weighted by Gasteiger charge is 2.31. The summed E-state index contributed by atoms with van der Waals surface area (Å²) in [6.07, 6.45) is 5.39. The summed E-state index contributed by atoms with van der Waals surface area (Å²) in [6, 6.07) is 12.6. The molecule has 2 aliphatic heterocycles. The number of methoxy groups -OCH3 is 1. The topological polar surface area (TPSA) is 143 Å². The molecule has 0 aliphatic carbocycles. The molecule has 0 radical (unpaired) electrons. The molecule has 2 aromatic carbocycles. The summed E-state index contributed by atoms with van der Waals surface area (Å²) in [5, 5.41) is 13.6. The third kappa shape index (κ3) is 6.19. The summed E-state index contributed by atoms with van der Waals surface area (Å²) in [6.45, 7) is 7.82. The van der Waals surface area contributed by atoms with Crippen molar-refractivity contribution in [2.45, 2.75) is 68.6 Å². The quantitative estimate of drug-likeness (QED) is 0.240. The first-order valence-electron chi connectivity index (χ1n) is 15.4. The Morgan fingerprint density at radius 2 is 1.82 bits per heavy atom. The normalized spacial score (nSPS) is 17.6. The number of fused-ring (bicyclic) bond motifs is 1. The standard InChI is InChI=1S/C32H40N8O4S/c1-20(2)45(42,43)28-10-6-5-8-24(28)36-32-38-31(37-29-11-15-34-40(29)32)35-26-18-21(3)23(19-27(26)44-4)22-12-16-39(17-13-22)30(41)25-9-7-14-33-25/h5-6,8,10-11,15,18-20,22,25,33H,7,9,12-14,16-17H2,1-4H3,(H2,35,36,37,38). The number of nitrogens with one attached hydrogen (secondary N) is 3. The fourth-order valence-electron chi connectivity index (χ4n) is 6.21. The maximum Gasteiger partial charge on any atom is 0.239 e. The van der Waals surface area contributed by atoms with Gasteiger partial charge in [0.1, 0.15) is 5.75 Å². The molecule has 45 heavy (non-hydrogen) atoms. The molecule has 0 saturated carbocycles. The van der Waals surface area contributed by atoms with Crippen molar-refractivity contribution in [3.05, 3.63) is 59.8 Å². The van der Waals surface area contributed by atoms with Crippen molar-refractivity contribution in [1.29, 1.82) is 0 Å². The zero-order valence-corrected chi connectivity index (χ0v) is 26.9. The van der Waals surface area contributed by atoms with Crippen molar-refractivity contribution >= 4 is 44.7 Å². The Hall–Kier alpha value is -4.23. The number of benzene rings is 2. The number of anilines is 4. The Kier molecular flexibility index (Phi) is 8.65. The molecule has 0 spiro atoms. The molecule has 13 heteroatoms. The Morgan fingerprint density at radius 1 is 1.04 bits per heavy atom. The van der Waals surface area contributed by atoms with Crippen LogP contribution in [0.25, 0.3) is 5.65 Å². The number of likely N-dealkylation sites (tertiary alicyclic amines) is 1. The number of sulfone groups is 1. The molecule has 2 fully saturated rings. The summed E-state index contributed by atoms with van der Waals surface area (Å²) in [5.74, 6) is 1.82. The molecule has 0 bridgehead atoms. The van der Waals surface area contributed by atoms with E-state index in [0.29, 0.717) is 40.6 Å². The first kappa shape index (κ1) is 30.8. The number of para-hydroxylation sites is 1. The lowest BCUT2D eigenvalue weighted by molar-refractivity contribution is -0.134. The minimum Gasteiger partial charge on any atom is -0.495 e. The van der Waals surface area contributed by atoms with Crippen molar-refractivity contribution in [2.75, 3.05) is 37.4 Å². The minimum absolute atomic E-state index is 0.0312. The number of carbonyl (C=O) groups is 1. The number of piperidine rings is 1. The number of hydrogen-bond donors (Lipinski definition) is 3. The van der Waals surface area contributed by atoms with Gasteiger partial charge in [0.25, 0.3) is 0 Å². The van der Waals surface area contributed by atoms with Crippen LogP contribution in [0.2, 0.25) is 0 Å². The first-order valence-corrected chi connectivity index (χ1v) is 17.0. The highest BCUT2D eigenvalue weighted by atomic mass is 32.2. The lowest BCUT2D eigenvalue weighted by Crippen LogP contribution is -2.46. The van der Waals surface area contributed by atoms with E-state index in [2.05, 4.69) is 44.0 Å². The van der Waals surface area contributed by atoms with E-state index in [1.54, 1.807) is 57.5 Å². The van der Waals surface area contributed by atoms with Gasteiger partial charge in [-0.2, -0.15) is 19.6 Å². The monoisotopic (exact) mass is 632 g/mol. The van der Waals surface area contributed by atoms with E-state index >= 15 is 0 Å². The van der Waals surface area contributed by atoms with E-state index in [-0.39, 0.29) is 16.8 Å².